The first-order valence-electron chi connectivity index (χ1n) is 15.9. The van der Waals surface area contributed by atoms with Crippen molar-refractivity contribution in [1.82, 2.24) is 0 Å². The molecular weight excluding hydrogens is 526 g/mol. The van der Waals surface area contributed by atoms with Gasteiger partial charge in [0.25, 0.3) is 6.29 Å². The lowest BCUT2D eigenvalue weighted by Gasteiger charge is -2.25. The van der Waals surface area contributed by atoms with Gasteiger partial charge in [0.1, 0.15) is 13.2 Å². The standard InChI is InChI=1S/C32H59NO8/c1-6-8-10-12-13-14-15-16-17-19-21-23-30(35)41-28(26-39-29(34)22-20-18-11-9-7-2)27-40-32(31(36)37)38-25-24-33(3,4)5/h12-13,28,32H,6-11,14-27H2,1-5H3/p+1/b13-12-. The second-order valence-electron chi connectivity index (χ2n) is 11.8. The Morgan fingerprint density at radius 3 is 1.88 bits per heavy atom. The van der Waals surface area contributed by atoms with Crippen LogP contribution in [0.3, 0.4) is 0 Å². The van der Waals surface area contributed by atoms with Crippen molar-refractivity contribution in [2.24, 2.45) is 0 Å². The molecule has 240 valence electrons. The fourth-order valence-electron chi connectivity index (χ4n) is 3.93. The van der Waals surface area contributed by atoms with Crippen LogP contribution in [-0.2, 0) is 33.3 Å². The Labute approximate surface area is 249 Å². The Hall–Kier alpha value is -1.97. The molecule has 0 aliphatic heterocycles. The van der Waals surface area contributed by atoms with Gasteiger partial charge in [0, 0.05) is 12.8 Å². The SMILES string of the molecule is CCCC/C=C\CCCCCCCC(=O)OC(COC(=O)CCCCCCC)COC(OCC[N+](C)(C)C)C(=O)O. The van der Waals surface area contributed by atoms with Crippen LogP contribution in [0.25, 0.3) is 0 Å². The summed E-state index contributed by atoms with van der Waals surface area (Å²) >= 11 is 0. The van der Waals surface area contributed by atoms with Gasteiger partial charge in [-0.15, -0.1) is 0 Å². The van der Waals surface area contributed by atoms with E-state index in [0.29, 0.717) is 23.9 Å². The molecule has 0 saturated heterocycles. The molecule has 41 heavy (non-hydrogen) atoms. The van der Waals surface area contributed by atoms with Gasteiger partial charge in [0.05, 0.1) is 34.4 Å². The third-order valence-corrected chi connectivity index (χ3v) is 6.52. The molecule has 0 saturated carbocycles. The lowest BCUT2D eigenvalue weighted by molar-refractivity contribution is -0.870. The molecule has 0 fully saturated rings. The average Bonchev–Trinajstić information content (AvgIpc) is 2.91. The second-order valence-corrected chi connectivity index (χ2v) is 11.8. The first kappa shape index (κ1) is 39.0. The number of rotatable bonds is 28. The fourth-order valence-corrected chi connectivity index (χ4v) is 3.93. The molecule has 9 nitrogen and oxygen atoms in total. The maximum absolute atomic E-state index is 12.5. The molecule has 0 spiro atoms. The lowest BCUT2D eigenvalue weighted by atomic mass is 10.1. The van der Waals surface area contributed by atoms with Crippen LogP contribution in [0.4, 0.5) is 0 Å². The van der Waals surface area contributed by atoms with E-state index in [1.165, 1.54) is 12.8 Å². The monoisotopic (exact) mass is 586 g/mol. The van der Waals surface area contributed by atoms with Gasteiger partial charge in [-0.3, -0.25) is 9.59 Å². The van der Waals surface area contributed by atoms with Gasteiger partial charge >= 0.3 is 17.9 Å². The minimum Gasteiger partial charge on any atom is -0.477 e. The van der Waals surface area contributed by atoms with Crippen LogP contribution in [-0.4, -0.2) is 87.4 Å². The summed E-state index contributed by atoms with van der Waals surface area (Å²) in [7, 11) is 5.92. The van der Waals surface area contributed by atoms with Gasteiger partial charge in [0.15, 0.2) is 6.10 Å². The lowest BCUT2D eigenvalue weighted by Crippen LogP contribution is -2.40. The number of likely N-dealkylation sites (N-methyl/N-ethyl adjacent to an activating group) is 1. The summed E-state index contributed by atoms with van der Waals surface area (Å²) in [6.45, 7) is 4.68. The molecule has 9 heteroatoms. The van der Waals surface area contributed by atoms with E-state index in [1.807, 2.05) is 21.1 Å². The summed E-state index contributed by atoms with van der Waals surface area (Å²) in [5.74, 6) is -2.04. The highest BCUT2D eigenvalue weighted by Gasteiger charge is 2.25. The third kappa shape index (κ3) is 26.7. The van der Waals surface area contributed by atoms with E-state index in [-0.39, 0.29) is 32.2 Å². The Morgan fingerprint density at radius 2 is 1.27 bits per heavy atom. The molecule has 0 amide bonds. The Balaban J connectivity index is 4.62. The van der Waals surface area contributed by atoms with E-state index in [1.54, 1.807) is 0 Å². The summed E-state index contributed by atoms with van der Waals surface area (Å²) in [6, 6.07) is 0. The van der Waals surface area contributed by atoms with E-state index < -0.39 is 24.3 Å². The van der Waals surface area contributed by atoms with Crippen LogP contribution < -0.4 is 0 Å². The highest BCUT2D eigenvalue weighted by atomic mass is 16.7. The molecule has 2 atom stereocenters. The van der Waals surface area contributed by atoms with E-state index in [0.717, 1.165) is 70.6 Å². The van der Waals surface area contributed by atoms with E-state index >= 15 is 0 Å². The zero-order valence-electron chi connectivity index (χ0n) is 26.7. The molecular formula is C32H60NO8+. The summed E-state index contributed by atoms with van der Waals surface area (Å²) in [6.07, 6.45) is 17.4. The molecule has 1 N–H and O–H groups in total. The topological polar surface area (TPSA) is 108 Å². The molecule has 0 aromatic heterocycles. The van der Waals surface area contributed by atoms with Crippen molar-refractivity contribution in [2.45, 2.75) is 129 Å². The zero-order valence-corrected chi connectivity index (χ0v) is 26.7. The van der Waals surface area contributed by atoms with Gasteiger partial charge < -0.3 is 28.5 Å². The molecule has 0 aliphatic carbocycles. The number of unbranched alkanes of at least 4 members (excludes halogenated alkanes) is 11. The van der Waals surface area contributed by atoms with Crippen LogP contribution in [0.5, 0.6) is 0 Å². The minimum atomic E-state index is -1.50. The fraction of sp³-hybridized carbons (Fsp3) is 0.844. The number of aliphatic carboxylic acids is 1. The number of carboxylic acid groups (broad SMARTS) is 1. The highest BCUT2D eigenvalue weighted by molar-refractivity contribution is 5.71. The number of allylic oxidation sites excluding steroid dienone is 2. The van der Waals surface area contributed by atoms with Crippen LogP contribution >= 0.6 is 0 Å². The summed E-state index contributed by atoms with van der Waals surface area (Å²) in [4.78, 5) is 36.3. The second kappa shape index (κ2) is 25.7. The molecule has 0 aromatic rings. The van der Waals surface area contributed by atoms with Gasteiger partial charge in [-0.1, -0.05) is 83.8 Å². The Bertz CT molecular complexity index is 704. The normalized spacial score (nSPS) is 13.3. The van der Waals surface area contributed by atoms with Crippen molar-refractivity contribution in [2.75, 3.05) is 47.5 Å². The number of nitrogens with zero attached hydrogens (tertiary/aromatic N) is 1. The van der Waals surface area contributed by atoms with E-state index in [4.69, 9.17) is 18.9 Å². The third-order valence-electron chi connectivity index (χ3n) is 6.52. The summed E-state index contributed by atoms with van der Waals surface area (Å²) in [5, 5.41) is 9.49. The predicted octanol–water partition coefficient (Wildman–Crippen LogP) is 6.43. The van der Waals surface area contributed by atoms with Crippen LogP contribution in [0, 0.1) is 0 Å². The zero-order chi connectivity index (χ0) is 30.8. The Kier molecular flexibility index (Phi) is 24.5. The number of carbonyl (C=O) groups is 3. The number of hydrogen-bond donors (Lipinski definition) is 1. The van der Waals surface area contributed by atoms with Crippen molar-refractivity contribution in [3.8, 4) is 0 Å². The molecule has 0 heterocycles. The maximum atomic E-state index is 12.5. The molecule has 0 aromatic carbocycles. The minimum absolute atomic E-state index is 0.184. The van der Waals surface area contributed by atoms with Crippen molar-refractivity contribution in [1.29, 1.82) is 0 Å². The van der Waals surface area contributed by atoms with Crippen LogP contribution in [0.15, 0.2) is 12.2 Å². The van der Waals surface area contributed by atoms with Gasteiger partial charge in [-0.2, -0.15) is 0 Å². The van der Waals surface area contributed by atoms with E-state index in [9.17, 15) is 19.5 Å². The molecule has 0 radical (unpaired) electrons. The van der Waals surface area contributed by atoms with E-state index in [2.05, 4.69) is 26.0 Å². The van der Waals surface area contributed by atoms with Crippen LogP contribution in [0.1, 0.15) is 117 Å². The number of carboxylic acids is 1. The number of ether oxygens (including phenoxy) is 4. The van der Waals surface area contributed by atoms with Crippen molar-refractivity contribution < 1.29 is 42.9 Å². The predicted molar refractivity (Wildman–Crippen MR) is 161 cm³/mol. The first-order valence-corrected chi connectivity index (χ1v) is 15.9. The number of hydrogen-bond acceptors (Lipinski definition) is 7. The van der Waals surface area contributed by atoms with Gasteiger partial charge in [0.2, 0.25) is 0 Å². The molecule has 0 rings (SSSR count). The molecule has 0 aliphatic rings. The maximum Gasteiger partial charge on any atom is 0.361 e. The smallest absolute Gasteiger partial charge is 0.361 e. The number of quaternary nitrogens is 1. The number of carbonyl (C=O) groups excluding carboxylic acids is 2. The Morgan fingerprint density at radius 1 is 0.707 bits per heavy atom. The molecule has 0 bridgehead atoms. The van der Waals surface area contributed by atoms with Crippen molar-refractivity contribution in [3.05, 3.63) is 12.2 Å². The van der Waals surface area contributed by atoms with Crippen molar-refractivity contribution in [3.63, 3.8) is 0 Å². The van der Waals surface area contributed by atoms with Gasteiger partial charge in [-0.25, -0.2) is 4.79 Å². The summed E-state index contributed by atoms with van der Waals surface area (Å²) in [5.41, 5.74) is 0. The summed E-state index contributed by atoms with van der Waals surface area (Å²) < 4.78 is 22.3. The first-order chi connectivity index (χ1) is 19.6. The molecule has 2 unspecified atom stereocenters. The highest BCUT2D eigenvalue weighted by Crippen LogP contribution is 2.11. The van der Waals surface area contributed by atoms with Crippen LogP contribution in [0.2, 0.25) is 0 Å². The average molecular weight is 587 g/mol. The number of esters is 2. The largest absolute Gasteiger partial charge is 0.477 e. The quantitative estimate of drug-likeness (QED) is 0.0367. The van der Waals surface area contributed by atoms with Crippen molar-refractivity contribution >= 4 is 17.9 Å². The van der Waals surface area contributed by atoms with Gasteiger partial charge in [-0.05, 0) is 32.1 Å².